The minimum Gasteiger partial charge on any atom is -0.494 e. The van der Waals surface area contributed by atoms with Crippen molar-refractivity contribution in [2.75, 3.05) is 36.5 Å². The fraction of sp³-hybridized carbons (Fsp3) is 0.462. The van der Waals surface area contributed by atoms with Crippen LogP contribution in [0.5, 0.6) is 5.75 Å². The highest BCUT2D eigenvalue weighted by Crippen LogP contribution is 2.39. The molecule has 0 spiro atoms. The maximum Gasteiger partial charge on any atom is 0.205 e. The predicted octanol–water partition coefficient (Wildman–Crippen LogP) is 2.52. The Morgan fingerprint density at radius 1 is 1.33 bits per heavy atom. The number of anilines is 2. The third kappa shape index (κ3) is 1.90. The number of guanidine groups is 1. The molecular weight excluding hydrogens is 250 g/mol. The lowest BCUT2D eigenvalue weighted by Crippen LogP contribution is -2.39. The van der Waals surface area contributed by atoms with E-state index in [9.17, 15) is 0 Å². The Morgan fingerprint density at radius 3 is 2.94 bits per heavy atom. The number of aliphatic imine (C=N–C) groups is 1. The van der Waals surface area contributed by atoms with Crippen molar-refractivity contribution in [3.63, 3.8) is 0 Å². The van der Waals surface area contributed by atoms with Crippen LogP contribution in [0.3, 0.4) is 0 Å². The van der Waals surface area contributed by atoms with E-state index >= 15 is 0 Å². The maximum atomic E-state index is 5.56. The van der Waals surface area contributed by atoms with Crippen molar-refractivity contribution < 1.29 is 4.74 Å². The zero-order chi connectivity index (χ0) is 11.8. The molecule has 0 saturated heterocycles. The van der Waals surface area contributed by atoms with Gasteiger partial charge in [-0.05, 0) is 25.5 Å². The van der Waals surface area contributed by atoms with E-state index in [4.69, 9.17) is 4.74 Å². The van der Waals surface area contributed by atoms with Crippen molar-refractivity contribution in [2.45, 2.75) is 13.3 Å². The molecule has 2 aliphatic heterocycles. The van der Waals surface area contributed by atoms with Crippen molar-refractivity contribution in [1.29, 1.82) is 0 Å². The summed E-state index contributed by atoms with van der Waals surface area (Å²) in [6.07, 6.45) is 1.12. The van der Waals surface area contributed by atoms with Crippen LogP contribution in [0, 0.1) is 0 Å². The highest BCUT2D eigenvalue weighted by atomic mass is 35.5. The van der Waals surface area contributed by atoms with Crippen molar-refractivity contribution in [3.05, 3.63) is 18.2 Å². The van der Waals surface area contributed by atoms with Gasteiger partial charge in [0, 0.05) is 26.2 Å². The topological polar surface area (TPSA) is 28.1 Å². The molecule has 0 bridgehead atoms. The van der Waals surface area contributed by atoms with Crippen molar-refractivity contribution in [1.82, 2.24) is 0 Å². The molecule has 0 fully saturated rings. The van der Waals surface area contributed by atoms with Crippen molar-refractivity contribution >= 4 is 29.7 Å². The number of hydrogen-bond acceptors (Lipinski definition) is 4. The molecule has 2 heterocycles. The average Bonchev–Trinajstić information content (AvgIpc) is 2.65. The molecule has 1 aromatic carbocycles. The number of halogens is 1. The number of rotatable bonds is 2. The first-order valence-corrected chi connectivity index (χ1v) is 6.14. The normalized spacial score (nSPS) is 16.7. The molecule has 0 atom stereocenters. The highest BCUT2D eigenvalue weighted by Gasteiger charge is 2.31. The van der Waals surface area contributed by atoms with Gasteiger partial charge in [0.15, 0.2) is 0 Å². The summed E-state index contributed by atoms with van der Waals surface area (Å²) >= 11 is 0. The molecule has 0 aliphatic carbocycles. The van der Waals surface area contributed by atoms with Gasteiger partial charge in [-0.2, -0.15) is 0 Å². The van der Waals surface area contributed by atoms with E-state index < -0.39 is 0 Å². The van der Waals surface area contributed by atoms with Gasteiger partial charge in [-0.25, -0.2) is 0 Å². The standard InChI is InChI=1S/C13H17N3O.ClH/c1-3-17-10-5-6-11-12(9-10)16-8-4-7-14-13(16)15(11)2;/h5-6,9H,3-4,7-8H2,1-2H3;1H. The first-order valence-electron chi connectivity index (χ1n) is 6.14. The average molecular weight is 268 g/mol. The van der Waals surface area contributed by atoms with E-state index in [1.54, 1.807) is 0 Å². The Hall–Kier alpha value is -1.42. The third-order valence-electron chi connectivity index (χ3n) is 3.24. The number of fused-ring (bicyclic) bond motifs is 3. The molecule has 0 unspecified atom stereocenters. The fourth-order valence-electron chi connectivity index (χ4n) is 2.48. The molecule has 4 nitrogen and oxygen atoms in total. The molecule has 1 aromatic rings. The fourth-order valence-corrected chi connectivity index (χ4v) is 2.48. The van der Waals surface area contributed by atoms with Crippen LogP contribution in [-0.2, 0) is 0 Å². The lowest BCUT2D eigenvalue weighted by Gasteiger charge is -2.24. The van der Waals surface area contributed by atoms with Gasteiger partial charge in [-0.3, -0.25) is 4.99 Å². The van der Waals surface area contributed by atoms with Crippen LogP contribution in [0.2, 0.25) is 0 Å². The monoisotopic (exact) mass is 267 g/mol. The minimum atomic E-state index is 0. The van der Waals surface area contributed by atoms with Gasteiger partial charge in [-0.15, -0.1) is 12.4 Å². The molecule has 18 heavy (non-hydrogen) atoms. The summed E-state index contributed by atoms with van der Waals surface area (Å²) < 4.78 is 5.56. The van der Waals surface area contributed by atoms with E-state index in [0.717, 1.165) is 31.2 Å². The first-order chi connectivity index (χ1) is 8.31. The molecule has 2 aliphatic rings. The van der Waals surface area contributed by atoms with Crippen molar-refractivity contribution in [2.24, 2.45) is 4.99 Å². The summed E-state index contributed by atoms with van der Waals surface area (Å²) in [6, 6.07) is 6.25. The van der Waals surface area contributed by atoms with E-state index in [1.165, 1.54) is 11.4 Å². The van der Waals surface area contributed by atoms with Crippen LogP contribution >= 0.6 is 12.4 Å². The van der Waals surface area contributed by atoms with Crippen LogP contribution in [0.1, 0.15) is 13.3 Å². The molecule has 0 N–H and O–H groups in total. The quantitative estimate of drug-likeness (QED) is 0.824. The summed E-state index contributed by atoms with van der Waals surface area (Å²) in [5.74, 6) is 2.01. The maximum absolute atomic E-state index is 5.56. The lowest BCUT2D eigenvalue weighted by molar-refractivity contribution is 0.340. The second kappa shape index (κ2) is 5.06. The van der Waals surface area contributed by atoms with Gasteiger partial charge >= 0.3 is 0 Å². The Balaban J connectivity index is 0.00000120. The van der Waals surface area contributed by atoms with Gasteiger partial charge in [0.05, 0.1) is 18.0 Å². The Morgan fingerprint density at radius 2 is 2.17 bits per heavy atom. The number of nitrogens with zero attached hydrogens (tertiary/aromatic N) is 3. The summed E-state index contributed by atoms with van der Waals surface area (Å²) in [5.41, 5.74) is 2.44. The van der Waals surface area contributed by atoms with Gasteiger partial charge in [0.2, 0.25) is 5.96 Å². The van der Waals surface area contributed by atoms with Crippen LogP contribution in [0.15, 0.2) is 23.2 Å². The smallest absolute Gasteiger partial charge is 0.205 e. The molecule has 0 radical (unpaired) electrons. The van der Waals surface area contributed by atoms with Gasteiger partial charge < -0.3 is 14.5 Å². The second-order valence-electron chi connectivity index (χ2n) is 4.33. The SMILES string of the molecule is CCOc1ccc2c(c1)N1CCCN=C1N2C.Cl. The summed E-state index contributed by atoms with van der Waals surface area (Å²) in [5, 5.41) is 0. The van der Waals surface area contributed by atoms with Crippen LogP contribution in [0.4, 0.5) is 11.4 Å². The Labute approximate surface area is 114 Å². The first kappa shape index (κ1) is 13.0. The molecule has 0 amide bonds. The van der Waals surface area contributed by atoms with Gasteiger partial charge in [0.1, 0.15) is 5.75 Å². The van der Waals surface area contributed by atoms with E-state index in [1.807, 2.05) is 13.0 Å². The summed E-state index contributed by atoms with van der Waals surface area (Å²) in [7, 11) is 2.07. The lowest BCUT2D eigenvalue weighted by atomic mass is 10.2. The summed E-state index contributed by atoms with van der Waals surface area (Å²) in [4.78, 5) is 9.03. The number of hydrogen-bond donors (Lipinski definition) is 0. The number of benzene rings is 1. The molecule has 5 heteroatoms. The zero-order valence-electron chi connectivity index (χ0n) is 10.7. The molecule has 0 saturated carbocycles. The van der Waals surface area contributed by atoms with E-state index in [-0.39, 0.29) is 12.4 Å². The van der Waals surface area contributed by atoms with E-state index in [2.05, 4.69) is 34.0 Å². The highest BCUT2D eigenvalue weighted by molar-refractivity contribution is 6.16. The molecule has 3 rings (SSSR count). The molecular formula is C13H18ClN3O. The second-order valence-corrected chi connectivity index (χ2v) is 4.33. The number of ether oxygens (including phenoxy) is 1. The molecule has 0 aromatic heterocycles. The van der Waals surface area contributed by atoms with Crippen molar-refractivity contribution in [3.8, 4) is 5.75 Å². The van der Waals surface area contributed by atoms with Gasteiger partial charge in [-0.1, -0.05) is 0 Å². The Kier molecular flexibility index (Phi) is 3.66. The van der Waals surface area contributed by atoms with Crippen LogP contribution in [0.25, 0.3) is 0 Å². The third-order valence-corrected chi connectivity index (χ3v) is 3.24. The summed E-state index contributed by atoms with van der Waals surface area (Å²) in [6.45, 7) is 4.69. The largest absolute Gasteiger partial charge is 0.494 e. The minimum absolute atomic E-state index is 0. The van der Waals surface area contributed by atoms with E-state index in [0.29, 0.717) is 6.61 Å². The van der Waals surface area contributed by atoms with Gasteiger partial charge in [0.25, 0.3) is 0 Å². The predicted molar refractivity (Wildman–Crippen MR) is 77.5 cm³/mol. The molecule has 98 valence electrons. The Bertz CT molecular complexity index is 475. The van der Waals surface area contributed by atoms with Crippen LogP contribution < -0.4 is 14.5 Å². The van der Waals surface area contributed by atoms with Crippen LogP contribution in [-0.4, -0.2) is 32.7 Å². The zero-order valence-corrected chi connectivity index (χ0v) is 11.5.